The Morgan fingerprint density at radius 1 is 1.21 bits per heavy atom. The van der Waals surface area contributed by atoms with E-state index in [2.05, 4.69) is 21.9 Å². The summed E-state index contributed by atoms with van der Waals surface area (Å²) >= 11 is 0. The van der Waals surface area contributed by atoms with Gasteiger partial charge in [-0.15, -0.1) is 0 Å². The number of piperidine rings is 1. The average molecular weight is 354 g/mol. The summed E-state index contributed by atoms with van der Waals surface area (Å²) in [5.74, 6) is 0.380. The van der Waals surface area contributed by atoms with Gasteiger partial charge in [-0.3, -0.25) is 4.79 Å². The second-order valence-corrected chi connectivity index (χ2v) is 8.34. The predicted octanol–water partition coefficient (Wildman–Crippen LogP) is 1.26. The molecule has 0 aliphatic carbocycles. The lowest BCUT2D eigenvalue weighted by Crippen LogP contribution is -2.40. The van der Waals surface area contributed by atoms with Gasteiger partial charge in [0.2, 0.25) is 5.91 Å². The molecule has 8 heteroatoms. The van der Waals surface area contributed by atoms with Crippen molar-refractivity contribution < 1.29 is 13.2 Å². The van der Waals surface area contributed by atoms with Crippen molar-refractivity contribution in [1.29, 1.82) is 0 Å². The fourth-order valence-electron chi connectivity index (χ4n) is 2.51. The van der Waals surface area contributed by atoms with Crippen molar-refractivity contribution in [3.63, 3.8) is 0 Å². The summed E-state index contributed by atoms with van der Waals surface area (Å²) in [5.41, 5.74) is 1.80. The summed E-state index contributed by atoms with van der Waals surface area (Å²) < 4.78 is 26.4. The quantitative estimate of drug-likeness (QED) is 0.806. The number of anilines is 2. The van der Waals surface area contributed by atoms with E-state index in [0.717, 1.165) is 29.0 Å². The van der Waals surface area contributed by atoms with Crippen molar-refractivity contribution in [2.24, 2.45) is 5.92 Å². The number of hydrogen-bond acceptors (Lipinski definition) is 4. The molecule has 1 amide bonds. The normalized spacial score (nSPS) is 16.4. The maximum absolute atomic E-state index is 11.8. The standard InChI is InChI=1S/C16H26N4O3S/c1-13-8-10-20(11-9-13)15-6-4-14(5-7-15)18-16(21)12-17-24(22,23)19(2)3/h4-7,13,17H,8-12H2,1-3H3,(H,18,21). The number of rotatable bonds is 6. The van der Waals surface area contributed by atoms with E-state index in [9.17, 15) is 13.2 Å². The zero-order chi connectivity index (χ0) is 17.7. The van der Waals surface area contributed by atoms with E-state index in [1.165, 1.54) is 26.9 Å². The fraction of sp³-hybridized carbons (Fsp3) is 0.562. The molecule has 2 N–H and O–H groups in total. The van der Waals surface area contributed by atoms with Crippen molar-refractivity contribution in [2.75, 3.05) is 43.9 Å². The van der Waals surface area contributed by atoms with Crippen molar-refractivity contribution in [3.8, 4) is 0 Å². The van der Waals surface area contributed by atoms with Gasteiger partial charge in [0.1, 0.15) is 0 Å². The third-order valence-corrected chi connectivity index (χ3v) is 5.67. The predicted molar refractivity (Wildman–Crippen MR) is 96.3 cm³/mol. The summed E-state index contributed by atoms with van der Waals surface area (Å²) in [7, 11) is -0.789. The molecule has 0 spiro atoms. The van der Waals surface area contributed by atoms with Crippen LogP contribution in [0.25, 0.3) is 0 Å². The highest BCUT2D eigenvalue weighted by Crippen LogP contribution is 2.24. The van der Waals surface area contributed by atoms with Crippen LogP contribution in [0.15, 0.2) is 24.3 Å². The smallest absolute Gasteiger partial charge is 0.279 e. The molecule has 1 aliphatic rings. The number of carbonyl (C=O) groups excluding carboxylic acids is 1. The highest BCUT2D eigenvalue weighted by atomic mass is 32.2. The summed E-state index contributed by atoms with van der Waals surface area (Å²) in [5, 5.41) is 2.69. The fourth-order valence-corrected chi connectivity index (χ4v) is 3.09. The Labute approximate surface area is 144 Å². The van der Waals surface area contributed by atoms with E-state index in [0.29, 0.717) is 5.69 Å². The Morgan fingerprint density at radius 2 is 1.79 bits per heavy atom. The molecular formula is C16H26N4O3S. The van der Waals surface area contributed by atoms with Gasteiger partial charge in [0.25, 0.3) is 10.2 Å². The number of benzene rings is 1. The number of nitrogens with one attached hydrogen (secondary N) is 2. The molecule has 2 rings (SSSR count). The van der Waals surface area contributed by atoms with Gasteiger partial charge in [0, 0.05) is 38.6 Å². The maximum atomic E-state index is 11.8. The monoisotopic (exact) mass is 354 g/mol. The lowest BCUT2D eigenvalue weighted by molar-refractivity contribution is -0.115. The molecule has 1 fully saturated rings. The third kappa shape index (κ3) is 5.19. The van der Waals surface area contributed by atoms with Crippen molar-refractivity contribution in [2.45, 2.75) is 19.8 Å². The van der Waals surface area contributed by atoms with Crippen molar-refractivity contribution >= 4 is 27.5 Å². The molecule has 0 atom stereocenters. The molecule has 1 heterocycles. The number of hydrogen-bond donors (Lipinski definition) is 2. The van der Waals surface area contributed by atoms with Crippen LogP contribution in [-0.4, -0.2) is 52.4 Å². The van der Waals surface area contributed by atoms with Gasteiger partial charge in [-0.1, -0.05) is 6.92 Å². The molecule has 0 radical (unpaired) electrons. The summed E-state index contributed by atoms with van der Waals surface area (Å²) in [4.78, 5) is 14.2. The molecule has 1 saturated heterocycles. The second kappa shape index (κ2) is 7.96. The van der Waals surface area contributed by atoms with E-state index in [4.69, 9.17) is 0 Å². The first-order valence-corrected chi connectivity index (χ1v) is 9.54. The Hall–Kier alpha value is -1.64. The molecular weight excluding hydrogens is 328 g/mol. The lowest BCUT2D eigenvalue weighted by atomic mass is 9.99. The Kier molecular flexibility index (Phi) is 6.20. The average Bonchev–Trinajstić information content (AvgIpc) is 2.54. The number of amides is 1. The molecule has 24 heavy (non-hydrogen) atoms. The zero-order valence-corrected chi connectivity index (χ0v) is 15.3. The highest BCUT2D eigenvalue weighted by Gasteiger charge is 2.16. The van der Waals surface area contributed by atoms with Crippen molar-refractivity contribution in [3.05, 3.63) is 24.3 Å². The van der Waals surface area contributed by atoms with Gasteiger partial charge >= 0.3 is 0 Å². The van der Waals surface area contributed by atoms with Crippen LogP contribution >= 0.6 is 0 Å². The van der Waals surface area contributed by atoms with E-state index in [-0.39, 0.29) is 6.54 Å². The maximum Gasteiger partial charge on any atom is 0.279 e. The van der Waals surface area contributed by atoms with E-state index in [1.807, 2.05) is 24.3 Å². The second-order valence-electron chi connectivity index (χ2n) is 6.37. The molecule has 1 aliphatic heterocycles. The first kappa shape index (κ1) is 18.7. The van der Waals surface area contributed by atoms with Gasteiger partial charge in [0.15, 0.2) is 0 Å². The first-order chi connectivity index (χ1) is 11.3. The van der Waals surface area contributed by atoms with Gasteiger partial charge in [-0.2, -0.15) is 17.4 Å². The molecule has 1 aromatic carbocycles. The highest BCUT2D eigenvalue weighted by molar-refractivity contribution is 7.87. The van der Waals surface area contributed by atoms with Gasteiger partial charge in [-0.05, 0) is 43.0 Å². The van der Waals surface area contributed by atoms with Gasteiger partial charge in [-0.25, -0.2) is 0 Å². The van der Waals surface area contributed by atoms with Crippen LogP contribution in [-0.2, 0) is 15.0 Å². The van der Waals surface area contributed by atoms with Gasteiger partial charge < -0.3 is 10.2 Å². The molecule has 0 saturated carbocycles. The van der Waals surface area contributed by atoms with Crippen LogP contribution in [0.4, 0.5) is 11.4 Å². The third-order valence-electron chi connectivity index (χ3n) is 4.20. The van der Waals surface area contributed by atoms with E-state index in [1.54, 1.807) is 0 Å². The van der Waals surface area contributed by atoms with Crippen LogP contribution in [0, 0.1) is 5.92 Å². The van der Waals surface area contributed by atoms with Crippen LogP contribution < -0.4 is 14.9 Å². The Bertz CT molecular complexity index is 650. The molecule has 7 nitrogen and oxygen atoms in total. The minimum Gasteiger partial charge on any atom is -0.372 e. The van der Waals surface area contributed by atoms with E-state index >= 15 is 0 Å². The molecule has 1 aromatic rings. The largest absolute Gasteiger partial charge is 0.372 e. The van der Waals surface area contributed by atoms with E-state index < -0.39 is 16.1 Å². The molecule has 0 unspecified atom stereocenters. The summed E-state index contributed by atoms with van der Waals surface area (Å²) in [6.45, 7) is 4.09. The minimum atomic E-state index is -3.60. The molecule has 134 valence electrons. The lowest BCUT2D eigenvalue weighted by Gasteiger charge is -2.32. The minimum absolute atomic E-state index is 0.299. The topological polar surface area (TPSA) is 81.8 Å². The van der Waals surface area contributed by atoms with Crippen LogP contribution in [0.2, 0.25) is 0 Å². The molecule has 0 bridgehead atoms. The van der Waals surface area contributed by atoms with Crippen LogP contribution in [0.3, 0.4) is 0 Å². The number of carbonyl (C=O) groups is 1. The Balaban J connectivity index is 1.86. The SMILES string of the molecule is CC1CCN(c2ccc(NC(=O)CNS(=O)(=O)N(C)C)cc2)CC1. The van der Waals surface area contributed by atoms with Crippen molar-refractivity contribution in [1.82, 2.24) is 9.03 Å². The first-order valence-electron chi connectivity index (χ1n) is 8.10. The molecule has 0 aromatic heterocycles. The van der Waals surface area contributed by atoms with Crippen LogP contribution in [0.5, 0.6) is 0 Å². The van der Waals surface area contributed by atoms with Crippen LogP contribution in [0.1, 0.15) is 19.8 Å². The number of nitrogens with zero attached hydrogens (tertiary/aromatic N) is 2. The summed E-state index contributed by atoms with van der Waals surface area (Å²) in [6.07, 6.45) is 2.40. The Morgan fingerprint density at radius 3 is 2.33 bits per heavy atom. The van der Waals surface area contributed by atoms with Gasteiger partial charge in [0.05, 0.1) is 6.54 Å². The summed E-state index contributed by atoms with van der Waals surface area (Å²) in [6, 6.07) is 7.64. The zero-order valence-electron chi connectivity index (χ0n) is 14.4.